The Bertz CT molecular complexity index is 1180. The Hall–Kier alpha value is -2.96. The van der Waals surface area contributed by atoms with Crippen molar-refractivity contribution in [2.75, 3.05) is 13.1 Å². The first-order valence-corrected chi connectivity index (χ1v) is 13.2. The molecule has 1 aliphatic rings. The highest BCUT2D eigenvalue weighted by atomic mass is 32.2. The summed E-state index contributed by atoms with van der Waals surface area (Å²) < 4.78 is 27.9. The van der Waals surface area contributed by atoms with Crippen molar-refractivity contribution in [2.24, 2.45) is 5.92 Å². The molecular formula is C28H32N2O3S. The Morgan fingerprint density at radius 1 is 0.824 bits per heavy atom. The highest BCUT2D eigenvalue weighted by Crippen LogP contribution is 2.27. The van der Waals surface area contributed by atoms with E-state index in [0.717, 1.165) is 22.3 Å². The SMILES string of the molecule is Cc1ccc(S(=O)(=O)N2CCC(C(=O)N(Cc3ccccc3)Cc3ccccc3)CC2)cc1C. The fourth-order valence-corrected chi connectivity index (χ4v) is 6.00. The molecule has 1 fully saturated rings. The third kappa shape index (κ3) is 5.57. The molecule has 178 valence electrons. The Morgan fingerprint density at radius 2 is 1.35 bits per heavy atom. The molecule has 0 unspecified atom stereocenters. The minimum Gasteiger partial charge on any atom is -0.334 e. The van der Waals surface area contributed by atoms with Gasteiger partial charge in [0.2, 0.25) is 15.9 Å². The Kier molecular flexibility index (Phi) is 7.49. The lowest BCUT2D eigenvalue weighted by molar-refractivity contribution is -0.138. The fraction of sp³-hybridized carbons (Fsp3) is 0.321. The molecule has 3 aromatic carbocycles. The summed E-state index contributed by atoms with van der Waals surface area (Å²) in [6.45, 7) is 5.69. The van der Waals surface area contributed by atoms with E-state index in [2.05, 4.69) is 0 Å². The van der Waals surface area contributed by atoms with Gasteiger partial charge in [0.1, 0.15) is 0 Å². The monoisotopic (exact) mass is 476 g/mol. The van der Waals surface area contributed by atoms with Gasteiger partial charge in [0, 0.05) is 32.1 Å². The van der Waals surface area contributed by atoms with Crippen molar-refractivity contribution in [3.05, 3.63) is 101 Å². The molecule has 3 aromatic rings. The molecule has 1 saturated heterocycles. The molecule has 6 heteroatoms. The van der Waals surface area contributed by atoms with Gasteiger partial charge in [-0.3, -0.25) is 4.79 Å². The van der Waals surface area contributed by atoms with Crippen LogP contribution in [0.1, 0.15) is 35.1 Å². The maximum atomic E-state index is 13.6. The standard InChI is InChI=1S/C28H32N2O3S/c1-22-13-14-27(19-23(22)2)34(32,33)30-17-15-26(16-18-30)28(31)29(20-24-9-5-3-6-10-24)21-25-11-7-4-8-12-25/h3-14,19,26H,15-18,20-21H2,1-2H3. The lowest BCUT2D eigenvalue weighted by Crippen LogP contribution is -2.44. The third-order valence-corrected chi connectivity index (χ3v) is 8.56. The molecule has 1 amide bonds. The van der Waals surface area contributed by atoms with E-state index < -0.39 is 10.0 Å². The van der Waals surface area contributed by atoms with Crippen molar-refractivity contribution in [1.82, 2.24) is 9.21 Å². The maximum absolute atomic E-state index is 13.6. The summed E-state index contributed by atoms with van der Waals surface area (Å²) in [7, 11) is -3.56. The van der Waals surface area contributed by atoms with Gasteiger partial charge in [0.05, 0.1) is 4.90 Å². The number of sulfonamides is 1. The molecular weight excluding hydrogens is 444 g/mol. The number of nitrogens with zero attached hydrogens (tertiary/aromatic N) is 2. The van der Waals surface area contributed by atoms with Gasteiger partial charge in [-0.1, -0.05) is 66.7 Å². The first-order chi connectivity index (χ1) is 16.3. The van der Waals surface area contributed by atoms with Gasteiger partial charge in [-0.05, 0) is 61.1 Å². The van der Waals surface area contributed by atoms with E-state index in [1.165, 1.54) is 4.31 Å². The molecule has 1 heterocycles. The molecule has 34 heavy (non-hydrogen) atoms. The number of piperidine rings is 1. The number of amides is 1. The van der Waals surface area contributed by atoms with Crippen LogP contribution in [0.2, 0.25) is 0 Å². The van der Waals surface area contributed by atoms with Crippen LogP contribution >= 0.6 is 0 Å². The number of aryl methyl sites for hydroxylation is 2. The van der Waals surface area contributed by atoms with Crippen LogP contribution in [-0.2, 0) is 27.9 Å². The predicted octanol–water partition coefficient (Wildman–Crippen LogP) is 4.93. The van der Waals surface area contributed by atoms with E-state index in [-0.39, 0.29) is 11.8 Å². The van der Waals surface area contributed by atoms with Crippen LogP contribution in [0.5, 0.6) is 0 Å². The topological polar surface area (TPSA) is 57.7 Å². The van der Waals surface area contributed by atoms with Crippen molar-refractivity contribution in [3.63, 3.8) is 0 Å². The van der Waals surface area contributed by atoms with Crippen molar-refractivity contribution in [1.29, 1.82) is 0 Å². The van der Waals surface area contributed by atoms with Crippen LogP contribution in [0, 0.1) is 19.8 Å². The second-order valence-corrected chi connectivity index (χ2v) is 11.0. The average Bonchev–Trinajstić information content (AvgIpc) is 2.86. The molecule has 0 bridgehead atoms. The zero-order chi connectivity index (χ0) is 24.1. The average molecular weight is 477 g/mol. The van der Waals surface area contributed by atoms with E-state index in [1.54, 1.807) is 12.1 Å². The summed E-state index contributed by atoms with van der Waals surface area (Å²) in [5.74, 6) is -0.0884. The minimum atomic E-state index is -3.56. The molecule has 0 aliphatic carbocycles. The van der Waals surface area contributed by atoms with Gasteiger partial charge in [-0.25, -0.2) is 8.42 Å². The number of carbonyl (C=O) groups is 1. The quantitative estimate of drug-likeness (QED) is 0.486. The van der Waals surface area contributed by atoms with E-state index in [1.807, 2.05) is 85.5 Å². The summed E-state index contributed by atoms with van der Waals surface area (Å²) in [6, 6.07) is 25.3. The van der Waals surface area contributed by atoms with Gasteiger partial charge < -0.3 is 4.90 Å². The van der Waals surface area contributed by atoms with Crippen LogP contribution in [0.15, 0.2) is 83.8 Å². The lowest BCUT2D eigenvalue weighted by atomic mass is 9.96. The minimum absolute atomic E-state index is 0.0935. The van der Waals surface area contributed by atoms with Crippen LogP contribution < -0.4 is 0 Å². The van der Waals surface area contributed by atoms with E-state index in [4.69, 9.17) is 0 Å². The Morgan fingerprint density at radius 3 is 1.85 bits per heavy atom. The van der Waals surface area contributed by atoms with Crippen LogP contribution in [0.4, 0.5) is 0 Å². The Labute approximate surface area is 203 Å². The molecule has 1 aliphatic heterocycles. The molecule has 0 aromatic heterocycles. The third-order valence-electron chi connectivity index (χ3n) is 6.66. The summed E-state index contributed by atoms with van der Waals surface area (Å²) in [6.07, 6.45) is 1.06. The van der Waals surface area contributed by atoms with Crippen LogP contribution in [0.3, 0.4) is 0 Å². The van der Waals surface area contributed by atoms with Crippen molar-refractivity contribution < 1.29 is 13.2 Å². The van der Waals surface area contributed by atoms with Gasteiger partial charge >= 0.3 is 0 Å². The first-order valence-electron chi connectivity index (χ1n) is 11.8. The predicted molar refractivity (Wildman–Crippen MR) is 135 cm³/mol. The van der Waals surface area contributed by atoms with Crippen molar-refractivity contribution in [2.45, 2.75) is 44.7 Å². The number of rotatable bonds is 7. The first kappa shape index (κ1) is 24.2. The smallest absolute Gasteiger partial charge is 0.243 e. The van der Waals surface area contributed by atoms with Crippen molar-refractivity contribution in [3.8, 4) is 0 Å². The highest BCUT2D eigenvalue weighted by Gasteiger charge is 2.34. The van der Waals surface area contributed by atoms with E-state index in [0.29, 0.717) is 43.9 Å². The molecule has 5 nitrogen and oxygen atoms in total. The lowest BCUT2D eigenvalue weighted by Gasteiger charge is -2.34. The molecule has 0 spiro atoms. The molecule has 0 N–H and O–H groups in total. The van der Waals surface area contributed by atoms with E-state index >= 15 is 0 Å². The van der Waals surface area contributed by atoms with Crippen LogP contribution in [0.25, 0.3) is 0 Å². The molecule has 0 saturated carbocycles. The largest absolute Gasteiger partial charge is 0.334 e. The number of benzene rings is 3. The molecule has 4 rings (SSSR count). The second-order valence-electron chi connectivity index (χ2n) is 9.09. The zero-order valence-corrected chi connectivity index (χ0v) is 20.7. The van der Waals surface area contributed by atoms with Crippen molar-refractivity contribution >= 4 is 15.9 Å². The summed E-state index contributed by atoms with van der Waals surface area (Å²) in [4.78, 5) is 15.8. The summed E-state index contributed by atoms with van der Waals surface area (Å²) in [5.41, 5.74) is 4.20. The van der Waals surface area contributed by atoms with Gasteiger partial charge in [0.25, 0.3) is 0 Å². The normalized spacial score (nSPS) is 15.2. The molecule has 0 radical (unpaired) electrons. The van der Waals surface area contributed by atoms with E-state index in [9.17, 15) is 13.2 Å². The maximum Gasteiger partial charge on any atom is 0.243 e. The van der Waals surface area contributed by atoms with Gasteiger partial charge in [-0.2, -0.15) is 4.31 Å². The van der Waals surface area contributed by atoms with Gasteiger partial charge in [0.15, 0.2) is 0 Å². The number of carbonyl (C=O) groups excluding carboxylic acids is 1. The summed E-state index contributed by atoms with van der Waals surface area (Å²) in [5, 5.41) is 0. The summed E-state index contributed by atoms with van der Waals surface area (Å²) >= 11 is 0. The Balaban J connectivity index is 1.46. The van der Waals surface area contributed by atoms with Crippen LogP contribution in [-0.4, -0.2) is 36.6 Å². The number of hydrogen-bond acceptors (Lipinski definition) is 3. The van der Waals surface area contributed by atoms with Gasteiger partial charge in [-0.15, -0.1) is 0 Å². The highest BCUT2D eigenvalue weighted by molar-refractivity contribution is 7.89. The molecule has 0 atom stereocenters. The second kappa shape index (κ2) is 10.5. The zero-order valence-electron chi connectivity index (χ0n) is 19.9. The number of hydrogen-bond donors (Lipinski definition) is 0. The fourth-order valence-electron chi connectivity index (χ4n) is 4.44.